The van der Waals surface area contributed by atoms with Crippen LogP contribution in [0, 0.1) is 5.92 Å². The molecule has 106 valence electrons. The van der Waals surface area contributed by atoms with Gasteiger partial charge in [0.25, 0.3) is 0 Å². The van der Waals surface area contributed by atoms with E-state index in [4.69, 9.17) is 4.74 Å². The van der Waals surface area contributed by atoms with Gasteiger partial charge >= 0.3 is 0 Å². The van der Waals surface area contributed by atoms with Gasteiger partial charge in [-0.1, -0.05) is 12.1 Å². The van der Waals surface area contributed by atoms with Crippen LogP contribution in [0.25, 0.3) is 0 Å². The average molecular weight is 285 g/mol. The molecule has 0 atom stereocenters. The van der Waals surface area contributed by atoms with E-state index in [1.165, 1.54) is 0 Å². The number of amides is 1. The maximum absolute atomic E-state index is 11.6. The Morgan fingerprint density at radius 3 is 2.58 bits per heavy atom. The van der Waals surface area contributed by atoms with E-state index in [0.29, 0.717) is 12.3 Å². The lowest BCUT2D eigenvalue weighted by molar-refractivity contribution is -0.121. The van der Waals surface area contributed by atoms with Crippen molar-refractivity contribution in [2.45, 2.75) is 12.8 Å². The summed E-state index contributed by atoms with van der Waals surface area (Å²) in [5.41, 5.74) is 1.16. The van der Waals surface area contributed by atoms with E-state index < -0.39 is 0 Å². The van der Waals surface area contributed by atoms with Gasteiger partial charge in [0.15, 0.2) is 0 Å². The summed E-state index contributed by atoms with van der Waals surface area (Å²) in [7, 11) is 1.65. The van der Waals surface area contributed by atoms with Gasteiger partial charge in [0.2, 0.25) is 5.91 Å². The number of halogens is 1. The molecule has 1 heterocycles. The Bertz CT molecular complexity index is 391. The molecule has 1 aromatic rings. The molecule has 2 rings (SSSR count). The van der Waals surface area contributed by atoms with Crippen molar-refractivity contribution >= 4 is 18.3 Å². The Kier molecular flexibility index (Phi) is 6.67. The summed E-state index contributed by atoms with van der Waals surface area (Å²) in [6, 6.07) is 7.85. The van der Waals surface area contributed by atoms with E-state index in [0.717, 1.165) is 37.4 Å². The molecule has 0 unspecified atom stereocenters. The summed E-state index contributed by atoms with van der Waals surface area (Å²) >= 11 is 0. The number of nitrogens with one attached hydrogen (secondary N) is 2. The van der Waals surface area contributed by atoms with Gasteiger partial charge in [0.05, 0.1) is 7.11 Å². The molecule has 1 saturated heterocycles. The van der Waals surface area contributed by atoms with E-state index >= 15 is 0 Å². The molecule has 19 heavy (non-hydrogen) atoms. The molecule has 2 N–H and O–H groups in total. The van der Waals surface area contributed by atoms with E-state index in [-0.39, 0.29) is 18.3 Å². The largest absolute Gasteiger partial charge is 0.497 e. The van der Waals surface area contributed by atoms with Crippen molar-refractivity contribution in [3.63, 3.8) is 0 Å². The highest BCUT2D eigenvalue weighted by Gasteiger charge is 2.16. The van der Waals surface area contributed by atoms with Gasteiger partial charge in [-0.25, -0.2) is 0 Å². The Morgan fingerprint density at radius 1 is 1.37 bits per heavy atom. The molecule has 0 aromatic heterocycles. The van der Waals surface area contributed by atoms with Crippen LogP contribution in [0.2, 0.25) is 0 Å². The van der Waals surface area contributed by atoms with E-state index in [2.05, 4.69) is 10.6 Å². The van der Waals surface area contributed by atoms with Crippen LogP contribution in [0.5, 0.6) is 5.75 Å². The Hall–Kier alpha value is -1.26. The predicted molar refractivity (Wildman–Crippen MR) is 77.9 cm³/mol. The van der Waals surface area contributed by atoms with Crippen LogP contribution >= 0.6 is 12.4 Å². The van der Waals surface area contributed by atoms with Crippen LogP contribution in [0.3, 0.4) is 0 Å². The molecule has 4 nitrogen and oxygen atoms in total. The zero-order valence-electron chi connectivity index (χ0n) is 11.1. The monoisotopic (exact) mass is 284 g/mol. The smallest absolute Gasteiger partial charge is 0.220 e. The van der Waals surface area contributed by atoms with Crippen LogP contribution < -0.4 is 15.4 Å². The first-order valence-corrected chi connectivity index (χ1v) is 6.38. The number of carbonyl (C=O) groups excluding carboxylic acids is 1. The van der Waals surface area contributed by atoms with Crippen molar-refractivity contribution in [2.75, 3.05) is 26.7 Å². The van der Waals surface area contributed by atoms with Gasteiger partial charge in [0, 0.05) is 32.0 Å². The SMILES string of the molecule is COc1ccc(CCC(=O)NCC2CNC2)cc1.Cl. The molecule has 1 aromatic carbocycles. The molecule has 0 aliphatic carbocycles. The third kappa shape index (κ3) is 5.09. The minimum Gasteiger partial charge on any atom is -0.497 e. The van der Waals surface area contributed by atoms with Gasteiger partial charge in [0.1, 0.15) is 5.75 Å². The summed E-state index contributed by atoms with van der Waals surface area (Å²) in [5.74, 6) is 1.60. The zero-order valence-corrected chi connectivity index (χ0v) is 12.0. The van der Waals surface area contributed by atoms with Crippen molar-refractivity contribution in [3.8, 4) is 5.75 Å². The summed E-state index contributed by atoms with van der Waals surface area (Å²) in [4.78, 5) is 11.6. The molecule has 0 saturated carbocycles. The van der Waals surface area contributed by atoms with Crippen LogP contribution in [-0.2, 0) is 11.2 Å². The first-order valence-electron chi connectivity index (χ1n) is 6.38. The van der Waals surface area contributed by atoms with Gasteiger partial charge in [-0.05, 0) is 24.1 Å². The second-order valence-corrected chi connectivity index (χ2v) is 4.68. The Labute approximate surface area is 120 Å². The van der Waals surface area contributed by atoms with E-state index in [9.17, 15) is 4.79 Å². The van der Waals surface area contributed by atoms with Crippen molar-refractivity contribution in [3.05, 3.63) is 29.8 Å². The fourth-order valence-corrected chi connectivity index (χ4v) is 1.89. The molecular weight excluding hydrogens is 264 g/mol. The summed E-state index contributed by atoms with van der Waals surface area (Å²) in [6.07, 6.45) is 1.32. The van der Waals surface area contributed by atoms with E-state index in [1.54, 1.807) is 7.11 Å². The van der Waals surface area contributed by atoms with Gasteiger partial charge < -0.3 is 15.4 Å². The average Bonchev–Trinajstić information content (AvgIpc) is 2.35. The molecule has 1 aliphatic rings. The van der Waals surface area contributed by atoms with Crippen molar-refractivity contribution in [1.82, 2.24) is 10.6 Å². The number of carbonyl (C=O) groups is 1. The predicted octanol–water partition coefficient (Wildman–Crippen LogP) is 1.39. The second-order valence-electron chi connectivity index (χ2n) is 4.68. The highest BCUT2D eigenvalue weighted by molar-refractivity contribution is 5.85. The highest BCUT2D eigenvalue weighted by Crippen LogP contribution is 2.12. The maximum atomic E-state index is 11.6. The number of ether oxygens (including phenoxy) is 1. The molecule has 1 aliphatic heterocycles. The lowest BCUT2D eigenvalue weighted by Crippen LogP contribution is -2.48. The molecule has 0 bridgehead atoms. The third-order valence-corrected chi connectivity index (χ3v) is 3.25. The standard InChI is InChI=1S/C14H20N2O2.ClH/c1-18-13-5-2-11(3-6-13)4-7-14(17)16-10-12-8-15-9-12;/h2-3,5-6,12,15H,4,7-10H2,1H3,(H,16,17);1H. The lowest BCUT2D eigenvalue weighted by Gasteiger charge is -2.27. The lowest BCUT2D eigenvalue weighted by atomic mass is 10.0. The molecule has 1 amide bonds. The maximum Gasteiger partial charge on any atom is 0.220 e. The van der Waals surface area contributed by atoms with Crippen LogP contribution in [0.15, 0.2) is 24.3 Å². The van der Waals surface area contributed by atoms with Gasteiger partial charge in [-0.15, -0.1) is 12.4 Å². The van der Waals surface area contributed by atoms with Crippen LogP contribution in [0.4, 0.5) is 0 Å². The third-order valence-electron chi connectivity index (χ3n) is 3.25. The first kappa shape index (κ1) is 15.8. The number of benzene rings is 1. The summed E-state index contributed by atoms with van der Waals surface area (Å²) in [5, 5.41) is 6.16. The first-order chi connectivity index (χ1) is 8.78. The molecule has 0 spiro atoms. The summed E-state index contributed by atoms with van der Waals surface area (Å²) in [6.45, 7) is 2.85. The Balaban J connectivity index is 0.00000180. The number of hydrogen-bond acceptors (Lipinski definition) is 3. The quantitative estimate of drug-likeness (QED) is 0.830. The number of methoxy groups -OCH3 is 1. The van der Waals surface area contributed by atoms with Crippen molar-refractivity contribution < 1.29 is 9.53 Å². The number of hydrogen-bond donors (Lipinski definition) is 2. The van der Waals surface area contributed by atoms with Crippen molar-refractivity contribution in [1.29, 1.82) is 0 Å². The van der Waals surface area contributed by atoms with Crippen LogP contribution in [-0.4, -0.2) is 32.7 Å². The van der Waals surface area contributed by atoms with Gasteiger partial charge in [-0.3, -0.25) is 4.79 Å². The topological polar surface area (TPSA) is 50.4 Å². The summed E-state index contributed by atoms with van der Waals surface area (Å²) < 4.78 is 5.09. The molecule has 1 fully saturated rings. The molecule has 5 heteroatoms. The minimum atomic E-state index is 0. The molecular formula is C14H21ClN2O2. The fraction of sp³-hybridized carbons (Fsp3) is 0.500. The minimum absolute atomic E-state index is 0. The highest BCUT2D eigenvalue weighted by atomic mass is 35.5. The number of rotatable bonds is 6. The second kappa shape index (κ2) is 8.02. The molecule has 0 radical (unpaired) electrons. The van der Waals surface area contributed by atoms with Gasteiger partial charge in [-0.2, -0.15) is 0 Å². The van der Waals surface area contributed by atoms with Crippen LogP contribution in [0.1, 0.15) is 12.0 Å². The van der Waals surface area contributed by atoms with Crippen molar-refractivity contribution in [2.24, 2.45) is 5.92 Å². The number of aryl methyl sites for hydroxylation is 1. The zero-order chi connectivity index (χ0) is 12.8. The fourth-order valence-electron chi connectivity index (χ4n) is 1.89. The Morgan fingerprint density at radius 2 is 2.05 bits per heavy atom. The van der Waals surface area contributed by atoms with E-state index in [1.807, 2.05) is 24.3 Å². The normalized spacial score (nSPS) is 14.2.